The first-order valence-electron chi connectivity index (χ1n) is 4.93. The molecule has 2 heterocycles. The third kappa shape index (κ3) is 1.70. The standard InChI is InChI=1S/C13H8ClNS/c14-10-4-6-11-9(8-10)3-5-12(15-11)13-2-1-7-16-13/h1-8H. The van der Waals surface area contributed by atoms with Gasteiger partial charge in [0.05, 0.1) is 16.1 Å². The molecule has 3 rings (SSSR count). The molecule has 2 aromatic heterocycles. The molecule has 0 aliphatic carbocycles. The van der Waals surface area contributed by atoms with Gasteiger partial charge in [-0.3, -0.25) is 0 Å². The average molecular weight is 246 g/mol. The van der Waals surface area contributed by atoms with E-state index in [-0.39, 0.29) is 0 Å². The molecule has 0 unspecified atom stereocenters. The molecule has 0 saturated carbocycles. The number of hydrogen-bond donors (Lipinski definition) is 0. The van der Waals surface area contributed by atoms with Crippen LogP contribution in [0.1, 0.15) is 0 Å². The van der Waals surface area contributed by atoms with Crippen molar-refractivity contribution >= 4 is 33.8 Å². The van der Waals surface area contributed by atoms with Crippen LogP contribution in [0.2, 0.25) is 5.02 Å². The first-order valence-corrected chi connectivity index (χ1v) is 6.19. The summed E-state index contributed by atoms with van der Waals surface area (Å²) in [5.74, 6) is 0. The number of aromatic nitrogens is 1. The van der Waals surface area contributed by atoms with Crippen LogP contribution in [0.15, 0.2) is 47.8 Å². The molecule has 0 radical (unpaired) electrons. The number of benzene rings is 1. The van der Waals surface area contributed by atoms with E-state index in [0.29, 0.717) is 0 Å². The highest BCUT2D eigenvalue weighted by Crippen LogP contribution is 2.26. The van der Waals surface area contributed by atoms with Gasteiger partial charge in [0.25, 0.3) is 0 Å². The maximum Gasteiger partial charge on any atom is 0.0809 e. The summed E-state index contributed by atoms with van der Waals surface area (Å²) in [6.07, 6.45) is 0. The van der Waals surface area contributed by atoms with Crippen molar-refractivity contribution in [3.8, 4) is 10.6 Å². The first kappa shape index (κ1) is 9.82. The minimum atomic E-state index is 0.748. The molecule has 0 N–H and O–H groups in total. The van der Waals surface area contributed by atoms with E-state index in [1.165, 1.54) is 4.88 Å². The van der Waals surface area contributed by atoms with Crippen molar-refractivity contribution in [1.82, 2.24) is 4.98 Å². The monoisotopic (exact) mass is 245 g/mol. The second-order valence-corrected chi connectivity index (χ2v) is 4.89. The van der Waals surface area contributed by atoms with Gasteiger partial charge < -0.3 is 0 Å². The summed E-state index contributed by atoms with van der Waals surface area (Å²) in [5.41, 5.74) is 2.00. The van der Waals surface area contributed by atoms with Crippen LogP contribution in [0.4, 0.5) is 0 Å². The van der Waals surface area contributed by atoms with Crippen molar-refractivity contribution in [3.63, 3.8) is 0 Å². The van der Waals surface area contributed by atoms with E-state index in [2.05, 4.69) is 22.5 Å². The van der Waals surface area contributed by atoms with Gasteiger partial charge in [-0.1, -0.05) is 23.7 Å². The van der Waals surface area contributed by atoms with Crippen molar-refractivity contribution in [2.75, 3.05) is 0 Å². The summed E-state index contributed by atoms with van der Waals surface area (Å²) in [5, 5.41) is 3.88. The zero-order valence-corrected chi connectivity index (χ0v) is 9.92. The molecule has 0 amide bonds. The number of thiophene rings is 1. The van der Waals surface area contributed by atoms with Gasteiger partial charge in [-0.05, 0) is 35.7 Å². The molecule has 1 aromatic carbocycles. The predicted molar refractivity (Wildman–Crippen MR) is 70.1 cm³/mol. The maximum atomic E-state index is 5.93. The normalized spacial score (nSPS) is 10.8. The molecular formula is C13H8ClNS. The van der Waals surface area contributed by atoms with Crippen LogP contribution in [0.25, 0.3) is 21.5 Å². The Morgan fingerprint density at radius 3 is 2.81 bits per heavy atom. The Balaban J connectivity index is 2.20. The number of rotatable bonds is 1. The van der Waals surface area contributed by atoms with Gasteiger partial charge in [0.15, 0.2) is 0 Å². The first-order chi connectivity index (χ1) is 7.83. The molecule has 0 fully saturated rings. The highest BCUT2D eigenvalue weighted by atomic mass is 35.5. The lowest BCUT2D eigenvalue weighted by molar-refractivity contribution is 1.42. The summed E-state index contributed by atoms with van der Waals surface area (Å²) in [6.45, 7) is 0. The lowest BCUT2D eigenvalue weighted by Crippen LogP contribution is -1.82. The fraction of sp³-hybridized carbons (Fsp3) is 0. The van der Waals surface area contributed by atoms with Gasteiger partial charge in [0, 0.05) is 10.4 Å². The van der Waals surface area contributed by atoms with E-state index in [1.54, 1.807) is 11.3 Å². The molecule has 3 heteroatoms. The molecular weight excluding hydrogens is 238 g/mol. The molecule has 0 aliphatic heterocycles. The van der Waals surface area contributed by atoms with Crippen molar-refractivity contribution in [1.29, 1.82) is 0 Å². The molecule has 0 aliphatic rings. The average Bonchev–Trinajstić information content (AvgIpc) is 2.82. The summed E-state index contributed by atoms with van der Waals surface area (Å²) < 4.78 is 0. The predicted octanol–water partition coefficient (Wildman–Crippen LogP) is 4.62. The quantitative estimate of drug-likeness (QED) is 0.610. The second kappa shape index (κ2) is 3.89. The maximum absolute atomic E-state index is 5.93. The fourth-order valence-corrected chi connectivity index (χ4v) is 2.53. The largest absolute Gasteiger partial charge is 0.247 e. The minimum absolute atomic E-state index is 0.748. The Hall–Kier alpha value is -1.38. The number of pyridine rings is 1. The van der Waals surface area contributed by atoms with E-state index in [4.69, 9.17) is 11.6 Å². The van der Waals surface area contributed by atoms with Crippen LogP contribution < -0.4 is 0 Å². The van der Waals surface area contributed by atoms with E-state index in [9.17, 15) is 0 Å². The molecule has 3 aromatic rings. The summed E-state index contributed by atoms with van der Waals surface area (Å²) in [4.78, 5) is 5.80. The van der Waals surface area contributed by atoms with E-state index >= 15 is 0 Å². The van der Waals surface area contributed by atoms with Crippen LogP contribution in [0.3, 0.4) is 0 Å². The molecule has 0 atom stereocenters. The molecule has 1 nitrogen and oxygen atoms in total. The topological polar surface area (TPSA) is 12.9 Å². The third-order valence-electron chi connectivity index (χ3n) is 2.42. The Morgan fingerprint density at radius 1 is 1.06 bits per heavy atom. The highest BCUT2D eigenvalue weighted by Gasteiger charge is 2.02. The zero-order chi connectivity index (χ0) is 11.0. The molecule has 0 saturated heterocycles. The van der Waals surface area contributed by atoms with Crippen LogP contribution in [-0.2, 0) is 0 Å². The van der Waals surface area contributed by atoms with Gasteiger partial charge in [0.2, 0.25) is 0 Å². The lowest BCUT2D eigenvalue weighted by Gasteiger charge is -2.01. The SMILES string of the molecule is Clc1ccc2nc(-c3cccs3)ccc2c1. The third-order valence-corrected chi connectivity index (χ3v) is 3.55. The van der Waals surface area contributed by atoms with Crippen molar-refractivity contribution in [2.24, 2.45) is 0 Å². The van der Waals surface area contributed by atoms with Crippen LogP contribution >= 0.6 is 22.9 Å². The molecule has 16 heavy (non-hydrogen) atoms. The van der Waals surface area contributed by atoms with E-state index in [1.807, 2.05) is 30.3 Å². The van der Waals surface area contributed by atoms with E-state index in [0.717, 1.165) is 21.6 Å². The van der Waals surface area contributed by atoms with Gasteiger partial charge in [-0.25, -0.2) is 4.98 Å². The second-order valence-electron chi connectivity index (χ2n) is 3.51. The minimum Gasteiger partial charge on any atom is -0.247 e. The summed E-state index contributed by atoms with van der Waals surface area (Å²) in [6, 6.07) is 14.0. The Bertz CT molecular complexity index is 631. The van der Waals surface area contributed by atoms with Gasteiger partial charge in [-0.15, -0.1) is 11.3 Å². The smallest absolute Gasteiger partial charge is 0.0809 e. The number of nitrogens with zero attached hydrogens (tertiary/aromatic N) is 1. The van der Waals surface area contributed by atoms with Crippen molar-refractivity contribution < 1.29 is 0 Å². The van der Waals surface area contributed by atoms with Crippen LogP contribution in [0, 0.1) is 0 Å². The fourth-order valence-electron chi connectivity index (χ4n) is 1.66. The van der Waals surface area contributed by atoms with Crippen LogP contribution in [-0.4, -0.2) is 4.98 Å². The Kier molecular flexibility index (Phi) is 2.39. The molecule has 0 spiro atoms. The zero-order valence-electron chi connectivity index (χ0n) is 8.35. The van der Waals surface area contributed by atoms with Gasteiger partial charge in [-0.2, -0.15) is 0 Å². The number of fused-ring (bicyclic) bond motifs is 1. The van der Waals surface area contributed by atoms with Crippen LogP contribution in [0.5, 0.6) is 0 Å². The Labute approximate surface area is 102 Å². The highest BCUT2D eigenvalue weighted by molar-refractivity contribution is 7.13. The van der Waals surface area contributed by atoms with Crippen molar-refractivity contribution in [3.05, 3.63) is 52.9 Å². The van der Waals surface area contributed by atoms with Crippen molar-refractivity contribution in [2.45, 2.75) is 0 Å². The number of hydrogen-bond acceptors (Lipinski definition) is 2. The van der Waals surface area contributed by atoms with E-state index < -0.39 is 0 Å². The summed E-state index contributed by atoms with van der Waals surface area (Å²) >= 11 is 7.63. The van der Waals surface area contributed by atoms with Gasteiger partial charge >= 0.3 is 0 Å². The number of halogens is 1. The Morgan fingerprint density at radius 2 is 2.00 bits per heavy atom. The molecule has 78 valence electrons. The van der Waals surface area contributed by atoms with Gasteiger partial charge in [0.1, 0.15) is 0 Å². The molecule has 0 bridgehead atoms. The lowest BCUT2D eigenvalue weighted by atomic mass is 10.2. The summed E-state index contributed by atoms with van der Waals surface area (Å²) in [7, 11) is 0.